The van der Waals surface area contributed by atoms with Crippen LogP contribution in [0.1, 0.15) is 51.1 Å². The van der Waals surface area contributed by atoms with Crippen LogP contribution in [0.25, 0.3) is 0 Å². The van der Waals surface area contributed by atoms with Crippen molar-refractivity contribution in [1.82, 2.24) is 5.32 Å². The fourth-order valence-corrected chi connectivity index (χ4v) is 4.37. The lowest BCUT2D eigenvalue weighted by Gasteiger charge is -2.17. The lowest BCUT2D eigenvalue weighted by Crippen LogP contribution is -2.26. The second-order valence-electron chi connectivity index (χ2n) is 7.99. The van der Waals surface area contributed by atoms with E-state index in [4.69, 9.17) is 0 Å². The Balaban J connectivity index is 1.74. The van der Waals surface area contributed by atoms with Crippen molar-refractivity contribution in [3.63, 3.8) is 0 Å². The Morgan fingerprint density at radius 2 is 1.48 bits per heavy atom. The SMILES string of the molecule is Cc1ccc(S(=O)(=O)Nc2ccc(C(=O)N[C@@H](C)c3ccc(C)c(C)c3)cc2C)cc1. The molecule has 162 valence electrons. The first kappa shape index (κ1) is 22.6. The number of nitrogens with one attached hydrogen (secondary N) is 2. The summed E-state index contributed by atoms with van der Waals surface area (Å²) in [4.78, 5) is 12.9. The van der Waals surface area contributed by atoms with Gasteiger partial charge in [0, 0.05) is 5.56 Å². The number of hydrogen-bond donors (Lipinski definition) is 2. The molecule has 0 radical (unpaired) electrons. The fraction of sp³-hybridized carbons (Fsp3) is 0.240. The number of carbonyl (C=O) groups is 1. The average Bonchev–Trinajstić information content (AvgIpc) is 2.71. The third kappa shape index (κ3) is 5.33. The third-order valence-corrected chi connectivity index (χ3v) is 6.82. The number of benzene rings is 3. The highest BCUT2D eigenvalue weighted by molar-refractivity contribution is 7.92. The molecule has 3 aromatic rings. The molecule has 2 N–H and O–H groups in total. The van der Waals surface area contributed by atoms with E-state index < -0.39 is 10.0 Å². The van der Waals surface area contributed by atoms with Crippen molar-refractivity contribution < 1.29 is 13.2 Å². The summed E-state index contributed by atoms with van der Waals surface area (Å²) in [6.07, 6.45) is 0. The predicted molar refractivity (Wildman–Crippen MR) is 125 cm³/mol. The Kier molecular flexibility index (Phi) is 6.51. The summed E-state index contributed by atoms with van der Waals surface area (Å²) in [5, 5.41) is 3.01. The standard InChI is InChI=1S/C25H28N2O3S/c1-16-6-11-23(12-7-16)31(29,30)27-24-13-10-22(15-19(24)4)25(28)26-20(5)21-9-8-17(2)18(3)14-21/h6-15,20,27H,1-5H3,(H,26,28)/t20-/m0/s1. The van der Waals surface area contributed by atoms with E-state index in [-0.39, 0.29) is 16.8 Å². The molecule has 0 bridgehead atoms. The Morgan fingerprint density at radius 3 is 2.10 bits per heavy atom. The number of rotatable bonds is 6. The molecule has 3 rings (SSSR count). The molecule has 0 heterocycles. The summed E-state index contributed by atoms with van der Waals surface area (Å²) in [5.41, 5.74) is 6.00. The van der Waals surface area contributed by atoms with Crippen LogP contribution in [-0.4, -0.2) is 14.3 Å². The summed E-state index contributed by atoms with van der Waals surface area (Å²) in [5.74, 6) is -0.207. The van der Waals surface area contributed by atoms with E-state index in [0.29, 0.717) is 16.8 Å². The van der Waals surface area contributed by atoms with Gasteiger partial charge in [0.15, 0.2) is 0 Å². The van der Waals surface area contributed by atoms with Crippen LogP contribution in [0.5, 0.6) is 0 Å². The number of amides is 1. The van der Waals surface area contributed by atoms with E-state index in [2.05, 4.69) is 23.0 Å². The molecule has 0 aromatic heterocycles. The molecule has 0 aliphatic heterocycles. The first-order chi connectivity index (χ1) is 14.6. The maximum atomic E-state index is 12.7. The van der Waals surface area contributed by atoms with Crippen LogP contribution < -0.4 is 10.0 Å². The fourth-order valence-electron chi connectivity index (χ4n) is 3.24. The maximum absolute atomic E-state index is 12.7. The van der Waals surface area contributed by atoms with Crippen LogP contribution in [0.2, 0.25) is 0 Å². The van der Waals surface area contributed by atoms with Crippen molar-refractivity contribution in [2.24, 2.45) is 0 Å². The molecule has 6 heteroatoms. The van der Waals surface area contributed by atoms with Gasteiger partial charge in [-0.1, -0.05) is 35.9 Å². The minimum atomic E-state index is -3.70. The number of anilines is 1. The lowest BCUT2D eigenvalue weighted by molar-refractivity contribution is 0.0940. The molecule has 5 nitrogen and oxygen atoms in total. The molecular formula is C25H28N2O3S. The van der Waals surface area contributed by atoms with E-state index in [1.165, 1.54) is 11.1 Å². The highest BCUT2D eigenvalue weighted by Gasteiger charge is 2.17. The number of hydrogen-bond acceptors (Lipinski definition) is 3. The summed E-state index contributed by atoms with van der Waals surface area (Å²) in [7, 11) is -3.70. The van der Waals surface area contributed by atoms with Crippen molar-refractivity contribution in [3.8, 4) is 0 Å². The molecule has 0 aliphatic carbocycles. The molecule has 0 saturated carbocycles. The Morgan fingerprint density at radius 1 is 0.806 bits per heavy atom. The third-order valence-electron chi connectivity index (χ3n) is 5.44. The summed E-state index contributed by atoms with van der Waals surface area (Å²) >= 11 is 0. The van der Waals surface area contributed by atoms with Gasteiger partial charge >= 0.3 is 0 Å². The summed E-state index contributed by atoms with van der Waals surface area (Å²) in [6.45, 7) is 9.72. The van der Waals surface area contributed by atoms with E-state index >= 15 is 0 Å². The minimum absolute atomic E-state index is 0.146. The zero-order valence-corrected chi connectivity index (χ0v) is 19.3. The molecule has 0 spiro atoms. The van der Waals surface area contributed by atoms with Crippen LogP contribution in [0.3, 0.4) is 0 Å². The van der Waals surface area contributed by atoms with E-state index in [0.717, 1.165) is 11.1 Å². The van der Waals surface area contributed by atoms with Crippen molar-refractivity contribution >= 4 is 21.6 Å². The smallest absolute Gasteiger partial charge is 0.261 e. The van der Waals surface area contributed by atoms with Crippen molar-refractivity contribution in [2.75, 3.05) is 4.72 Å². The monoisotopic (exact) mass is 436 g/mol. The van der Waals surface area contributed by atoms with Gasteiger partial charge in [-0.2, -0.15) is 0 Å². The number of carbonyl (C=O) groups excluding carboxylic acids is 1. The van der Waals surface area contributed by atoms with Crippen LogP contribution >= 0.6 is 0 Å². The van der Waals surface area contributed by atoms with Gasteiger partial charge < -0.3 is 5.32 Å². The molecule has 3 aromatic carbocycles. The van der Waals surface area contributed by atoms with Crippen LogP contribution in [-0.2, 0) is 10.0 Å². The number of sulfonamides is 1. The first-order valence-corrected chi connectivity index (χ1v) is 11.6. The Hall–Kier alpha value is -3.12. The second-order valence-corrected chi connectivity index (χ2v) is 9.67. The maximum Gasteiger partial charge on any atom is 0.261 e. The predicted octanol–water partition coefficient (Wildman–Crippen LogP) is 5.21. The quantitative estimate of drug-likeness (QED) is 0.557. The molecule has 0 aliphatic rings. The van der Waals surface area contributed by atoms with Gasteiger partial charge in [0.1, 0.15) is 0 Å². The highest BCUT2D eigenvalue weighted by atomic mass is 32.2. The van der Waals surface area contributed by atoms with Crippen LogP contribution in [0, 0.1) is 27.7 Å². The van der Waals surface area contributed by atoms with Crippen molar-refractivity contribution in [3.05, 3.63) is 94.0 Å². The lowest BCUT2D eigenvalue weighted by atomic mass is 10.0. The van der Waals surface area contributed by atoms with E-state index in [9.17, 15) is 13.2 Å². The molecule has 1 atom stereocenters. The van der Waals surface area contributed by atoms with Gasteiger partial charge in [-0.25, -0.2) is 8.42 Å². The van der Waals surface area contributed by atoms with Gasteiger partial charge in [0.05, 0.1) is 16.6 Å². The average molecular weight is 437 g/mol. The minimum Gasteiger partial charge on any atom is -0.346 e. The van der Waals surface area contributed by atoms with Gasteiger partial charge in [0.25, 0.3) is 15.9 Å². The van der Waals surface area contributed by atoms with E-state index in [1.54, 1.807) is 49.4 Å². The molecule has 1 amide bonds. The van der Waals surface area contributed by atoms with Gasteiger partial charge in [-0.3, -0.25) is 9.52 Å². The molecule has 31 heavy (non-hydrogen) atoms. The topological polar surface area (TPSA) is 75.3 Å². The van der Waals surface area contributed by atoms with Crippen LogP contribution in [0.4, 0.5) is 5.69 Å². The van der Waals surface area contributed by atoms with Gasteiger partial charge in [0.2, 0.25) is 0 Å². The zero-order chi connectivity index (χ0) is 22.8. The van der Waals surface area contributed by atoms with Crippen molar-refractivity contribution in [1.29, 1.82) is 0 Å². The van der Waals surface area contributed by atoms with Gasteiger partial charge in [-0.15, -0.1) is 0 Å². The van der Waals surface area contributed by atoms with Crippen molar-refractivity contribution in [2.45, 2.75) is 45.6 Å². The van der Waals surface area contributed by atoms with Crippen LogP contribution in [0.15, 0.2) is 65.6 Å². The second kappa shape index (κ2) is 8.94. The van der Waals surface area contributed by atoms with Gasteiger partial charge in [-0.05, 0) is 87.2 Å². The van der Waals surface area contributed by atoms with E-state index in [1.807, 2.05) is 32.9 Å². The summed E-state index contributed by atoms with van der Waals surface area (Å²) in [6, 6.07) is 17.6. The zero-order valence-electron chi connectivity index (χ0n) is 18.5. The normalized spacial score (nSPS) is 12.3. The molecule has 0 saturated heterocycles. The molecular weight excluding hydrogens is 408 g/mol. The highest BCUT2D eigenvalue weighted by Crippen LogP contribution is 2.22. The number of aryl methyl sites for hydroxylation is 4. The molecule has 0 unspecified atom stereocenters. The Labute approximate surface area is 184 Å². The Bertz CT molecular complexity index is 1220. The first-order valence-electron chi connectivity index (χ1n) is 10.1. The largest absolute Gasteiger partial charge is 0.346 e. The summed E-state index contributed by atoms with van der Waals surface area (Å²) < 4.78 is 27.9. The molecule has 0 fully saturated rings.